The van der Waals surface area contributed by atoms with Crippen LogP contribution in [0.4, 0.5) is 0 Å². The van der Waals surface area contributed by atoms with Crippen LogP contribution in [0.2, 0.25) is 0 Å². The summed E-state index contributed by atoms with van der Waals surface area (Å²) in [6.45, 7) is 3.02. The second-order valence-electron chi connectivity index (χ2n) is 3.83. The summed E-state index contributed by atoms with van der Waals surface area (Å²) >= 11 is 0. The number of carbonyl (C=O) groups is 2. The van der Waals surface area contributed by atoms with Gasteiger partial charge >= 0.3 is 0 Å². The molecule has 1 heterocycles. The molecule has 0 bridgehead atoms. The predicted molar refractivity (Wildman–Crippen MR) is 53.8 cm³/mol. The summed E-state index contributed by atoms with van der Waals surface area (Å²) in [4.78, 5) is 22.2. The summed E-state index contributed by atoms with van der Waals surface area (Å²) in [6, 6.07) is -0.643. The van der Waals surface area contributed by atoms with Crippen LogP contribution in [0.5, 0.6) is 0 Å². The van der Waals surface area contributed by atoms with Gasteiger partial charge in [0.15, 0.2) is 6.10 Å². The Bertz CT molecular complexity index is 251. The van der Waals surface area contributed by atoms with E-state index in [2.05, 4.69) is 10.6 Å². The summed E-state index contributed by atoms with van der Waals surface area (Å²) in [5.74, 6) is -1.05. The maximum atomic E-state index is 11.6. The van der Waals surface area contributed by atoms with Gasteiger partial charge in [0.2, 0.25) is 11.8 Å². The van der Waals surface area contributed by atoms with Crippen molar-refractivity contribution in [2.45, 2.75) is 25.5 Å². The highest BCUT2D eigenvalue weighted by molar-refractivity contribution is 5.83. The fourth-order valence-corrected chi connectivity index (χ4v) is 1.55. The van der Waals surface area contributed by atoms with Crippen LogP contribution in [0.3, 0.4) is 0 Å². The minimum Gasteiger partial charge on any atom is -0.381 e. The van der Waals surface area contributed by atoms with Crippen LogP contribution >= 0.6 is 0 Å². The Hall–Kier alpha value is -1.14. The highest BCUT2D eigenvalue weighted by Gasteiger charge is 2.27. The molecule has 6 nitrogen and oxygen atoms in total. The molecule has 0 unspecified atom stereocenters. The smallest absolute Gasteiger partial charge is 0.248 e. The second kappa shape index (κ2) is 5.09. The first-order valence-corrected chi connectivity index (χ1v) is 5.01. The maximum absolute atomic E-state index is 11.6. The third-order valence-corrected chi connectivity index (χ3v) is 2.57. The van der Waals surface area contributed by atoms with E-state index in [9.17, 15) is 14.7 Å². The van der Waals surface area contributed by atoms with Crippen molar-refractivity contribution in [3.8, 4) is 0 Å². The minimum absolute atomic E-state index is 0.0764. The Morgan fingerprint density at radius 2 is 2.27 bits per heavy atom. The average Bonchev–Trinajstić information content (AvgIpc) is 2.68. The van der Waals surface area contributed by atoms with Gasteiger partial charge in [0.25, 0.3) is 0 Å². The molecule has 0 saturated carbocycles. The average molecular weight is 215 g/mol. The van der Waals surface area contributed by atoms with Crippen LogP contribution in [0.15, 0.2) is 0 Å². The van der Waals surface area contributed by atoms with Crippen LogP contribution in [-0.4, -0.2) is 42.2 Å². The second-order valence-corrected chi connectivity index (χ2v) is 3.83. The first kappa shape index (κ1) is 11.9. The Morgan fingerprint density at radius 3 is 2.73 bits per heavy atom. The molecule has 0 aromatic carbocycles. The lowest BCUT2D eigenvalue weighted by Crippen LogP contribution is -2.49. The van der Waals surface area contributed by atoms with Gasteiger partial charge in [-0.2, -0.15) is 0 Å². The number of aliphatic hydroxyl groups excluding tert-OH is 1. The molecule has 0 aromatic rings. The number of rotatable bonds is 4. The standard InChI is InChI=1S/C9H17N3O3/c1-5(7(13)8(10)14)12-9(15)6-2-3-11-4-6/h5-7,11,13H,2-4H2,1H3,(H2,10,14)(H,12,15)/t5-,6-,7+/m0/s1. The third kappa shape index (κ3) is 3.17. The van der Waals surface area contributed by atoms with Crippen molar-refractivity contribution in [3.63, 3.8) is 0 Å². The third-order valence-electron chi connectivity index (χ3n) is 2.57. The first-order valence-electron chi connectivity index (χ1n) is 5.01. The van der Waals surface area contributed by atoms with Crippen molar-refractivity contribution < 1.29 is 14.7 Å². The van der Waals surface area contributed by atoms with Crippen molar-refractivity contribution in [1.29, 1.82) is 0 Å². The van der Waals surface area contributed by atoms with Gasteiger partial charge in [-0.25, -0.2) is 0 Å². The largest absolute Gasteiger partial charge is 0.381 e. The Labute approximate surface area is 88.2 Å². The number of carbonyl (C=O) groups excluding carboxylic acids is 2. The topological polar surface area (TPSA) is 104 Å². The molecule has 6 heteroatoms. The van der Waals surface area contributed by atoms with Crippen molar-refractivity contribution >= 4 is 11.8 Å². The molecule has 1 aliphatic heterocycles. The molecule has 0 aromatic heterocycles. The van der Waals surface area contributed by atoms with Gasteiger partial charge in [0.05, 0.1) is 12.0 Å². The minimum atomic E-state index is -1.33. The molecule has 86 valence electrons. The zero-order valence-corrected chi connectivity index (χ0v) is 8.69. The molecule has 2 amide bonds. The molecule has 15 heavy (non-hydrogen) atoms. The molecule has 1 aliphatic rings. The Balaban J connectivity index is 2.39. The van der Waals surface area contributed by atoms with E-state index in [1.807, 2.05) is 0 Å². The Kier molecular flexibility index (Phi) is 4.05. The lowest BCUT2D eigenvalue weighted by molar-refractivity contribution is -0.130. The van der Waals surface area contributed by atoms with Gasteiger partial charge in [-0.05, 0) is 19.9 Å². The molecular weight excluding hydrogens is 198 g/mol. The van der Waals surface area contributed by atoms with E-state index >= 15 is 0 Å². The maximum Gasteiger partial charge on any atom is 0.248 e. The highest BCUT2D eigenvalue weighted by atomic mass is 16.3. The van der Waals surface area contributed by atoms with E-state index in [0.29, 0.717) is 6.54 Å². The van der Waals surface area contributed by atoms with Gasteiger partial charge in [0, 0.05) is 6.54 Å². The van der Waals surface area contributed by atoms with E-state index in [4.69, 9.17) is 5.73 Å². The van der Waals surface area contributed by atoms with Gasteiger partial charge in [0.1, 0.15) is 0 Å². The van der Waals surface area contributed by atoms with Crippen LogP contribution in [0.25, 0.3) is 0 Å². The highest BCUT2D eigenvalue weighted by Crippen LogP contribution is 2.07. The van der Waals surface area contributed by atoms with E-state index in [-0.39, 0.29) is 11.8 Å². The molecule has 0 spiro atoms. The fraction of sp³-hybridized carbons (Fsp3) is 0.778. The Morgan fingerprint density at radius 1 is 1.60 bits per heavy atom. The summed E-state index contributed by atoms with van der Waals surface area (Å²) in [6.07, 6.45) is -0.547. The van der Waals surface area contributed by atoms with Crippen LogP contribution in [0, 0.1) is 5.92 Å². The summed E-state index contributed by atoms with van der Waals surface area (Å²) < 4.78 is 0. The van der Waals surface area contributed by atoms with Crippen molar-refractivity contribution in [3.05, 3.63) is 0 Å². The lowest BCUT2D eigenvalue weighted by atomic mass is 10.1. The molecule has 5 N–H and O–H groups in total. The van der Waals surface area contributed by atoms with Gasteiger partial charge in [-0.15, -0.1) is 0 Å². The van der Waals surface area contributed by atoms with E-state index in [1.165, 1.54) is 0 Å². The fourth-order valence-electron chi connectivity index (χ4n) is 1.55. The molecule has 1 rings (SSSR count). The number of hydrogen-bond acceptors (Lipinski definition) is 4. The molecular formula is C9H17N3O3. The number of nitrogens with two attached hydrogens (primary N) is 1. The monoisotopic (exact) mass is 215 g/mol. The van der Waals surface area contributed by atoms with Gasteiger partial charge < -0.3 is 21.5 Å². The van der Waals surface area contributed by atoms with Gasteiger partial charge in [-0.3, -0.25) is 9.59 Å². The zero-order valence-electron chi connectivity index (χ0n) is 8.69. The number of hydrogen-bond donors (Lipinski definition) is 4. The number of nitrogens with one attached hydrogen (secondary N) is 2. The van der Waals surface area contributed by atoms with E-state index in [1.54, 1.807) is 6.92 Å². The molecule has 1 saturated heterocycles. The summed E-state index contributed by atoms with van der Waals surface area (Å²) in [5.41, 5.74) is 4.91. The normalized spacial score (nSPS) is 24.5. The quantitative estimate of drug-likeness (QED) is 0.433. The van der Waals surface area contributed by atoms with Crippen LogP contribution < -0.4 is 16.4 Å². The lowest BCUT2D eigenvalue weighted by Gasteiger charge is -2.19. The van der Waals surface area contributed by atoms with Crippen molar-refractivity contribution in [2.24, 2.45) is 11.7 Å². The predicted octanol–water partition coefficient (Wildman–Crippen LogP) is -2.05. The SMILES string of the molecule is C[C@H](NC(=O)[C@H]1CCNC1)[C@@H](O)C(N)=O. The number of primary amides is 1. The van der Waals surface area contributed by atoms with E-state index < -0.39 is 18.1 Å². The van der Waals surface area contributed by atoms with Crippen molar-refractivity contribution in [1.82, 2.24) is 10.6 Å². The zero-order chi connectivity index (χ0) is 11.4. The van der Waals surface area contributed by atoms with Crippen LogP contribution in [0.1, 0.15) is 13.3 Å². The van der Waals surface area contributed by atoms with E-state index in [0.717, 1.165) is 13.0 Å². The summed E-state index contributed by atoms with van der Waals surface area (Å²) in [7, 11) is 0. The molecule has 0 radical (unpaired) electrons. The summed E-state index contributed by atoms with van der Waals surface area (Å²) in [5, 5.41) is 14.9. The molecule has 0 aliphatic carbocycles. The number of amides is 2. The molecule has 1 fully saturated rings. The number of aliphatic hydroxyl groups is 1. The first-order chi connectivity index (χ1) is 7.02. The molecule has 3 atom stereocenters. The van der Waals surface area contributed by atoms with Crippen molar-refractivity contribution in [2.75, 3.05) is 13.1 Å². The van der Waals surface area contributed by atoms with Crippen LogP contribution in [-0.2, 0) is 9.59 Å². The van der Waals surface area contributed by atoms with Gasteiger partial charge in [-0.1, -0.05) is 0 Å².